The van der Waals surface area contributed by atoms with Crippen LogP contribution in [0.2, 0.25) is 0 Å². The van der Waals surface area contributed by atoms with E-state index in [2.05, 4.69) is 15.4 Å². The van der Waals surface area contributed by atoms with Crippen LogP contribution < -0.4 is 11.1 Å². The smallest absolute Gasteiger partial charge is 0.364 e. The van der Waals surface area contributed by atoms with Gasteiger partial charge in [0.2, 0.25) is 0 Å². The zero-order chi connectivity index (χ0) is 26.9. The number of nitrogens with one attached hydrogen (secondary N) is 1. The van der Waals surface area contributed by atoms with Gasteiger partial charge in [0.25, 0.3) is 11.8 Å². The summed E-state index contributed by atoms with van der Waals surface area (Å²) in [7, 11) is 0. The molecule has 0 aliphatic heterocycles. The van der Waals surface area contributed by atoms with Crippen molar-refractivity contribution in [1.82, 2.24) is 14.8 Å². The Hall–Kier alpha value is -4.79. The highest BCUT2D eigenvalue weighted by Crippen LogP contribution is 2.36. The maximum Gasteiger partial charge on any atom is 0.437 e. The molecule has 4 rings (SSSR count). The maximum absolute atomic E-state index is 14.6. The number of anilines is 1. The first kappa shape index (κ1) is 25.3. The largest absolute Gasteiger partial charge is 0.437 e. The third kappa shape index (κ3) is 5.11. The number of carbonyl (C=O) groups excluding carboxylic acids is 2. The summed E-state index contributed by atoms with van der Waals surface area (Å²) in [5.74, 6) is -2.95. The summed E-state index contributed by atoms with van der Waals surface area (Å²) in [6.07, 6.45) is -4.73. The van der Waals surface area contributed by atoms with Crippen LogP contribution in [-0.4, -0.2) is 26.6 Å². The van der Waals surface area contributed by atoms with Crippen molar-refractivity contribution < 1.29 is 27.2 Å². The van der Waals surface area contributed by atoms with E-state index in [0.29, 0.717) is 5.56 Å². The van der Waals surface area contributed by atoms with E-state index in [1.807, 2.05) is 6.07 Å². The first-order valence-corrected chi connectivity index (χ1v) is 10.8. The lowest BCUT2D eigenvalue weighted by Crippen LogP contribution is -2.20. The number of hydrogen-bond acceptors (Lipinski definition) is 5. The van der Waals surface area contributed by atoms with Crippen LogP contribution >= 0.6 is 0 Å². The molecule has 188 valence electrons. The summed E-state index contributed by atoms with van der Waals surface area (Å²) < 4.78 is 57.3. The highest BCUT2D eigenvalue weighted by Gasteiger charge is 2.39. The van der Waals surface area contributed by atoms with Crippen molar-refractivity contribution in [2.45, 2.75) is 26.1 Å². The number of alkyl halides is 3. The van der Waals surface area contributed by atoms with Gasteiger partial charge in [-0.3, -0.25) is 14.3 Å². The Balaban J connectivity index is 1.75. The molecule has 0 radical (unpaired) electrons. The number of carbonyl (C=O) groups is 2. The number of nitrogens with zero attached hydrogens (tertiary/aromatic N) is 4. The lowest BCUT2D eigenvalue weighted by atomic mass is 10.1. The number of pyridine rings is 1. The maximum atomic E-state index is 14.6. The quantitative estimate of drug-likeness (QED) is 0.373. The average Bonchev–Trinajstić information content (AvgIpc) is 3.15. The van der Waals surface area contributed by atoms with Gasteiger partial charge in [0, 0.05) is 5.39 Å². The molecule has 2 aromatic heterocycles. The molecule has 3 N–H and O–H groups in total. The molecule has 0 fully saturated rings. The van der Waals surface area contributed by atoms with Gasteiger partial charge in [-0.05, 0) is 36.2 Å². The van der Waals surface area contributed by atoms with E-state index in [-0.39, 0.29) is 35.3 Å². The summed E-state index contributed by atoms with van der Waals surface area (Å²) in [6.45, 7) is 1.30. The molecule has 0 saturated carbocycles. The van der Waals surface area contributed by atoms with Crippen LogP contribution in [0.1, 0.15) is 43.4 Å². The van der Waals surface area contributed by atoms with Gasteiger partial charge in [-0.1, -0.05) is 30.3 Å². The molecule has 4 aromatic rings. The number of fused-ring (bicyclic) bond motifs is 1. The van der Waals surface area contributed by atoms with E-state index in [4.69, 9.17) is 11.0 Å². The predicted octanol–water partition coefficient (Wildman–Crippen LogP) is 4.36. The Labute approximate surface area is 207 Å². The molecule has 0 bridgehead atoms. The molecular weight excluding hydrogens is 492 g/mol. The minimum Gasteiger partial charge on any atom is -0.364 e. The molecule has 0 aliphatic rings. The van der Waals surface area contributed by atoms with E-state index in [1.165, 1.54) is 19.1 Å². The SMILES string of the molecule is Cc1c(NC(=O)c2cc(C(N)=O)nc3cccc(F)c23)c(C(F)(F)F)nn1Cc1ccc(CC#N)cc1. The first-order valence-electron chi connectivity index (χ1n) is 10.8. The van der Waals surface area contributed by atoms with Crippen molar-refractivity contribution >= 4 is 28.4 Å². The Bertz CT molecular complexity index is 1570. The minimum atomic E-state index is -4.92. The minimum absolute atomic E-state index is 0.00395. The predicted molar refractivity (Wildman–Crippen MR) is 125 cm³/mol. The molecule has 0 saturated heterocycles. The molecule has 37 heavy (non-hydrogen) atoms. The molecule has 12 heteroatoms. The lowest BCUT2D eigenvalue weighted by molar-refractivity contribution is -0.140. The van der Waals surface area contributed by atoms with E-state index < -0.39 is 40.8 Å². The number of aromatic nitrogens is 3. The van der Waals surface area contributed by atoms with Gasteiger partial charge in [0.15, 0.2) is 5.69 Å². The van der Waals surface area contributed by atoms with Crippen molar-refractivity contribution in [2.75, 3.05) is 5.32 Å². The number of halogens is 4. The highest BCUT2D eigenvalue weighted by atomic mass is 19.4. The Kier molecular flexibility index (Phi) is 6.63. The summed E-state index contributed by atoms with van der Waals surface area (Å²) in [5.41, 5.74) is 3.85. The average molecular weight is 510 g/mol. The number of hydrogen-bond donors (Lipinski definition) is 2. The zero-order valence-electron chi connectivity index (χ0n) is 19.2. The van der Waals surface area contributed by atoms with E-state index in [9.17, 15) is 27.2 Å². The molecule has 0 unspecified atom stereocenters. The van der Waals surface area contributed by atoms with Crippen molar-refractivity contribution in [3.8, 4) is 6.07 Å². The Morgan fingerprint density at radius 3 is 2.43 bits per heavy atom. The highest BCUT2D eigenvalue weighted by molar-refractivity contribution is 6.14. The molecule has 2 heterocycles. The van der Waals surface area contributed by atoms with Gasteiger partial charge in [0.1, 0.15) is 11.5 Å². The van der Waals surface area contributed by atoms with Crippen molar-refractivity contribution in [2.24, 2.45) is 5.73 Å². The molecule has 0 spiro atoms. The van der Waals surface area contributed by atoms with Crippen molar-refractivity contribution in [1.29, 1.82) is 5.26 Å². The fraction of sp³-hybridized carbons (Fsp3) is 0.160. The standard InChI is InChI=1S/C25H18F4N6O2/c1-13-21(22(25(27,28)29)34-35(13)12-15-7-5-14(6-8-15)9-10-30)33-24(37)16-11-19(23(31)36)32-18-4-2-3-17(26)20(16)18/h2-8,11H,9,12H2,1H3,(H2,31,36)(H,33,37). The summed E-state index contributed by atoms with van der Waals surface area (Å²) in [4.78, 5) is 28.8. The second-order valence-electron chi connectivity index (χ2n) is 8.12. The van der Waals surface area contributed by atoms with Gasteiger partial charge in [-0.2, -0.15) is 23.5 Å². The second-order valence-corrected chi connectivity index (χ2v) is 8.12. The second kappa shape index (κ2) is 9.69. The molecule has 0 atom stereocenters. The summed E-state index contributed by atoms with van der Waals surface area (Å²) >= 11 is 0. The van der Waals surface area contributed by atoms with Crippen LogP contribution in [0.4, 0.5) is 23.2 Å². The van der Waals surface area contributed by atoms with Gasteiger partial charge in [0.05, 0.1) is 41.5 Å². The summed E-state index contributed by atoms with van der Waals surface area (Å²) in [5, 5.41) is 14.4. The monoisotopic (exact) mass is 510 g/mol. The molecule has 8 nitrogen and oxygen atoms in total. The van der Waals surface area contributed by atoms with Crippen LogP contribution in [0, 0.1) is 24.1 Å². The molecule has 0 aliphatic carbocycles. The van der Waals surface area contributed by atoms with Crippen LogP contribution in [0.15, 0.2) is 48.5 Å². The van der Waals surface area contributed by atoms with Gasteiger partial charge >= 0.3 is 6.18 Å². The topological polar surface area (TPSA) is 127 Å². The number of rotatable bonds is 6. The fourth-order valence-corrected chi connectivity index (χ4v) is 3.80. The van der Waals surface area contributed by atoms with Crippen LogP contribution in [0.5, 0.6) is 0 Å². The van der Waals surface area contributed by atoms with Crippen LogP contribution in [0.25, 0.3) is 10.9 Å². The number of nitriles is 1. The summed E-state index contributed by atoms with van der Waals surface area (Å²) in [6, 6.07) is 13.3. The van der Waals surface area contributed by atoms with E-state index >= 15 is 0 Å². The third-order valence-electron chi connectivity index (χ3n) is 5.63. The van der Waals surface area contributed by atoms with Crippen molar-refractivity contribution in [3.05, 3.63) is 88.1 Å². The normalized spacial score (nSPS) is 11.4. The van der Waals surface area contributed by atoms with E-state index in [1.54, 1.807) is 24.3 Å². The Morgan fingerprint density at radius 2 is 1.81 bits per heavy atom. The van der Waals surface area contributed by atoms with Crippen molar-refractivity contribution in [3.63, 3.8) is 0 Å². The van der Waals surface area contributed by atoms with Gasteiger partial charge in [-0.15, -0.1) is 0 Å². The molecule has 2 aromatic carbocycles. The van der Waals surface area contributed by atoms with E-state index in [0.717, 1.165) is 22.4 Å². The number of nitrogens with two attached hydrogens (primary N) is 1. The number of benzene rings is 2. The zero-order valence-corrected chi connectivity index (χ0v) is 19.2. The van der Waals surface area contributed by atoms with Gasteiger partial charge < -0.3 is 11.1 Å². The Morgan fingerprint density at radius 1 is 1.14 bits per heavy atom. The van der Waals surface area contributed by atoms with Crippen LogP contribution in [0.3, 0.4) is 0 Å². The van der Waals surface area contributed by atoms with Crippen LogP contribution in [-0.2, 0) is 19.1 Å². The lowest BCUT2D eigenvalue weighted by Gasteiger charge is -2.12. The number of primary amides is 1. The fourth-order valence-electron chi connectivity index (χ4n) is 3.80. The number of amides is 2. The van der Waals surface area contributed by atoms with Gasteiger partial charge in [-0.25, -0.2) is 9.37 Å². The molecular formula is C25H18F4N6O2. The molecule has 2 amide bonds. The third-order valence-corrected chi connectivity index (χ3v) is 5.63. The first-order chi connectivity index (χ1) is 17.5.